The molecule has 0 unspecified atom stereocenters. The van der Waals surface area contributed by atoms with Gasteiger partial charge in [-0.1, -0.05) is 36.4 Å². The minimum atomic E-state index is -0.226. The first-order valence-corrected chi connectivity index (χ1v) is 11.0. The van der Waals surface area contributed by atoms with Crippen LogP contribution in [0.5, 0.6) is 17.2 Å². The van der Waals surface area contributed by atoms with E-state index in [9.17, 15) is 4.79 Å². The molecule has 1 N–H and O–H groups in total. The molecule has 0 aliphatic carbocycles. The lowest BCUT2D eigenvalue weighted by Crippen LogP contribution is -2.19. The van der Waals surface area contributed by atoms with E-state index in [-0.39, 0.29) is 19.1 Å². The zero-order chi connectivity index (χ0) is 21.6. The van der Waals surface area contributed by atoms with E-state index in [0.29, 0.717) is 23.9 Å². The van der Waals surface area contributed by atoms with Crippen LogP contribution in [-0.2, 0) is 17.8 Å². The molecule has 8 heteroatoms. The summed E-state index contributed by atoms with van der Waals surface area (Å²) in [6.07, 6.45) is 1.77. The number of nitrogens with zero attached hydrogens (tertiary/aromatic N) is 1. The fraction of sp³-hybridized carbons (Fsp3) is 0.130. The molecule has 3 aromatic carbocycles. The molecule has 0 radical (unpaired) electrons. The number of ether oxygens (including phenoxy) is 3. The highest BCUT2D eigenvalue weighted by Crippen LogP contribution is 2.35. The van der Waals surface area contributed by atoms with Crippen LogP contribution in [-0.4, -0.2) is 18.9 Å². The summed E-state index contributed by atoms with van der Waals surface area (Å²) in [5.74, 6) is 1.82. The number of halogens is 2. The van der Waals surface area contributed by atoms with Gasteiger partial charge < -0.3 is 14.2 Å². The van der Waals surface area contributed by atoms with Crippen molar-refractivity contribution < 1.29 is 19.0 Å². The minimum Gasteiger partial charge on any atom is -0.487 e. The van der Waals surface area contributed by atoms with Gasteiger partial charge in [-0.3, -0.25) is 4.79 Å². The van der Waals surface area contributed by atoms with E-state index in [1.54, 1.807) is 18.3 Å². The number of rotatable bonds is 7. The molecular weight excluding hydrogens is 528 g/mol. The second-order valence-corrected chi connectivity index (χ2v) is 8.45. The van der Waals surface area contributed by atoms with Gasteiger partial charge in [-0.05, 0) is 72.8 Å². The lowest BCUT2D eigenvalue weighted by atomic mass is 10.1. The highest BCUT2D eigenvalue weighted by atomic mass is 79.9. The number of hydrazone groups is 1. The molecule has 0 saturated carbocycles. The molecule has 0 aromatic heterocycles. The first-order valence-electron chi connectivity index (χ1n) is 9.45. The Morgan fingerprint density at radius 3 is 2.52 bits per heavy atom. The van der Waals surface area contributed by atoms with Crippen molar-refractivity contribution in [2.75, 3.05) is 6.79 Å². The maximum Gasteiger partial charge on any atom is 0.244 e. The molecule has 0 fully saturated rings. The van der Waals surface area contributed by atoms with Crippen LogP contribution in [0.3, 0.4) is 0 Å². The predicted molar refractivity (Wildman–Crippen MR) is 125 cm³/mol. The largest absolute Gasteiger partial charge is 0.487 e. The Balaban J connectivity index is 1.33. The third kappa shape index (κ3) is 5.65. The Morgan fingerprint density at radius 1 is 1.00 bits per heavy atom. The number of carbonyl (C=O) groups excluding carboxylic acids is 1. The fourth-order valence-corrected chi connectivity index (χ4v) is 4.43. The summed E-state index contributed by atoms with van der Waals surface area (Å²) in [5, 5.41) is 4.05. The van der Waals surface area contributed by atoms with E-state index < -0.39 is 0 Å². The number of hydrogen-bond acceptors (Lipinski definition) is 5. The molecule has 0 saturated heterocycles. The molecular formula is C23H18Br2N2O4. The smallest absolute Gasteiger partial charge is 0.244 e. The van der Waals surface area contributed by atoms with Crippen LogP contribution < -0.4 is 19.6 Å². The van der Waals surface area contributed by atoms with Crippen molar-refractivity contribution in [2.45, 2.75) is 13.0 Å². The molecule has 1 heterocycles. The maximum atomic E-state index is 12.2. The van der Waals surface area contributed by atoms with Gasteiger partial charge in [0.25, 0.3) is 0 Å². The second-order valence-electron chi connectivity index (χ2n) is 6.75. The van der Waals surface area contributed by atoms with Gasteiger partial charge in [0.1, 0.15) is 12.4 Å². The molecule has 0 spiro atoms. The van der Waals surface area contributed by atoms with Crippen molar-refractivity contribution in [3.05, 3.63) is 86.3 Å². The molecule has 1 amide bonds. The number of amides is 1. The summed E-state index contributed by atoms with van der Waals surface area (Å²) in [7, 11) is 0. The van der Waals surface area contributed by atoms with Crippen molar-refractivity contribution >= 4 is 44.0 Å². The van der Waals surface area contributed by atoms with Gasteiger partial charge in [-0.2, -0.15) is 5.10 Å². The lowest BCUT2D eigenvalue weighted by molar-refractivity contribution is -0.120. The predicted octanol–water partition coefficient (Wildman–Crippen LogP) is 5.21. The molecule has 0 atom stereocenters. The molecule has 1 aliphatic heterocycles. The Morgan fingerprint density at radius 2 is 1.74 bits per heavy atom. The first-order chi connectivity index (χ1) is 15.1. The van der Waals surface area contributed by atoms with Gasteiger partial charge in [-0.15, -0.1) is 0 Å². The fourth-order valence-electron chi connectivity index (χ4n) is 2.98. The average molecular weight is 546 g/mol. The van der Waals surface area contributed by atoms with Crippen molar-refractivity contribution in [3.63, 3.8) is 0 Å². The Kier molecular flexibility index (Phi) is 6.89. The standard InChI is InChI=1S/C23H18Br2N2O4/c24-18-8-17(9-19(25)23(18)29-13-15-4-2-1-3-5-15)12-26-27-22(28)11-16-6-7-20-21(10-16)31-14-30-20/h1-10,12H,11,13-14H2,(H,27,28)/b26-12-. The monoisotopic (exact) mass is 544 g/mol. The van der Waals surface area contributed by atoms with Gasteiger partial charge in [0.05, 0.1) is 21.6 Å². The van der Waals surface area contributed by atoms with Crippen molar-refractivity contribution in [1.82, 2.24) is 5.43 Å². The Hall–Kier alpha value is -2.84. The molecule has 6 nitrogen and oxygen atoms in total. The molecule has 31 heavy (non-hydrogen) atoms. The minimum absolute atomic E-state index is 0.188. The summed E-state index contributed by atoms with van der Waals surface area (Å²) in [6.45, 7) is 0.665. The number of nitrogens with one attached hydrogen (secondary N) is 1. The first kappa shape index (κ1) is 21.4. The summed E-state index contributed by atoms with van der Waals surface area (Å²) >= 11 is 7.07. The summed E-state index contributed by atoms with van der Waals surface area (Å²) < 4.78 is 18.1. The average Bonchev–Trinajstić information content (AvgIpc) is 3.22. The van der Waals surface area contributed by atoms with E-state index in [1.165, 1.54) is 0 Å². The highest BCUT2D eigenvalue weighted by Gasteiger charge is 2.14. The van der Waals surface area contributed by atoms with E-state index in [2.05, 4.69) is 42.4 Å². The van der Waals surface area contributed by atoms with Crippen molar-refractivity contribution in [2.24, 2.45) is 5.10 Å². The summed E-state index contributed by atoms with van der Waals surface area (Å²) in [5.41, 5.74) is 5.25. The lowest BCUT2D eigenvalue weighted by Gasteiger charge is -2.11. The van der Waals surface area contributed by atoms with Gasteiger partial charge >= 0.3 is 0 Å². The third-order valence-corrected chi connectivity index (χ3v) is 5.63. The van der Waals surface area contributed by atoms with Crippen LogP contribution in [0.1, 0.15) is 16.7 Å². The third-order valence-electron chi connectivity index (χ3n) is 4.45. The van der Waals surface area contributed by atoms with Crippen LogP contribution in [0.4, 0.5) is 0 Å². The normalized spacial score (nSPS) is 12.2. The van der Waals surface area contributed by atoms with Crippen LogP contribution in [0.15, 0.2) is 74.7 Å². The number of benzene rings is 3. The van der Waals surface area contributed by atoms with E-state index in [1.807, 2.05) is 48.5 Å². The Labute approximate surface area is 196 Å². The van der Waals surface area contributed by atoms with E-state index >= 15 is 0 Å². The zero-order valence-corrected chi connectivity index (χ0v) is 19.5. The van der Waals surface area contributed by atoms with Crippen molar-refractivity contribution in [3.8, 4) is 17.2 Å². The second kappa shape index (κ2) is 9.98. The van der Waals surface area contributed by atoms with E-state index in [0.717, 1.165) is 25.6 Å². The highest BCUT2D eigenvalue weighted by molar-refractivity contribution is 9.11. The van der Waals surface area contributed by atoms with Crippen LogP contribution >= 0.6 is 31.9 Å². The molecule has 0 bridgehead atoms. The quantitative estimate of drug-likeness (QED) is 0.327. The molecule has 4 rings (SSSR count). The van der Waals surface area contributed by atoms with Crippen LogP contribution in [0.25, 0.3) is 0 Å². The molecule has 158 valence electrons. The maximum absolute atomic E-state index is 12.2. The van der Waals surface area contributed by atoms with Gasteiger partial charge in [0.2, 0.25) is 12.7 Å². The summed E-state index contributed by atoms with van der Waals surface area (Å²) in [6, 6.07) is 19.1. The zero-order valence-electron chi connectivity index (χ0n) is 16.3. The van der Waals surface area contributed by atoms with Crippen molar-refractivity contribution in [1.29, 1.82) is 0 Å². The number of hydrogen-bond donors (Lipinski definition) is 1. The Bertz CT molecular complexity index is 1100. The number of fused-ring (bicyclic) bond motifs is 1. The topological polar surface area (TPSA) is 69.2 Å². The van der Waals surface area contributed by atoms with Gasteiger partial charge in [0.15, 0.2) is 11.5 Å². The van der Waals surface area contributed by atoms with Gasteiger partial charge in [0, 0.05) is 0 Å². The SMILES string of the molecule is O=C(Cc1ccc2c(c1)OCO2)N/N=C\c1cc(Br)c(OCc2ccccc2)c(Br)c1. The van der Waals surface area contributed by atoms with Gasteiger partial charge in [-0.25, -0.2) is 5.43 Å². The van der Waals surface area contributed by atoms with Crippen LogP contribution in [0, 0.1) is 0 Å². The number of carbonyl (C=O) groups is 1. The van der Waals surface area contributed by atoms with Crippen LogP contribution in [0.2, 0.25) is 0 Å². The summed E-state index contributed by atoms with van der Waals surface area (Å²) in [4.78, 5) is 12.2. The molecule has 3 aromatic rings. The molecule has 1 aliphatic rings. The van der Waals surface area contributed by atoms with E-state index in [4.69, 9.17) is 14.2 Å².